The number of sulfonamides is 1. The van der Waals surface area contributed by atoms with E-state index in [0.717, 1.165) is 16.7 Å². The third kappa shape index (κ3) is 8.92. The molecule has 0 amide bonds. The van der Waals surface area contributed by atoms with Crippen molar-refractivity contribution in [2.45, 2.75) is 44.7 Å². The molecule has 1 aliphatic rings. The Morgan fingerprint density at radius 1 is 0.639 bits per heavy atom. The molecule has 0 bridgehead atoms. The minimum Gasteiger partial charge on any atom is -0.322 e. The number of hydrogen-bond donors (Lipinski definition) is 2. The van der Waals surface area contributed by atoms with Crippen LogP contribution in [-0.2, 0) is 29.5 Å². The van der Waals surface area contributed by atoms with Gasteiger partial charge in [-0.2, -0.15) is 0 Å². The zero-order chi connectivity index (χ0) is 25.4. The number of hydrogen-bond acceptors (Lipinski definition) is 3. The van der Waals surface area contributed by atoms with Gasteiger partial charge >= 0.3 is 19.5 Å². The van der Waals surface area contributed by atoms with Crippen LogP contribution < -0.4 is 10.5 Å². The van der Waals surface area contributed by atoms with Gasteiger partial charge in [-0.15, -0.1) is 0 Å². The van der Waals surface area contributed by atoms with E-state index in [2.05, 4.69) is 44.8 Å². The van der Waals surface area contributed by atoms with Crippen molar-refractivity contribution in [3.63, 3.8) is 0 Å². The van der Waals surface area contributed by atoms with Gasteiger partial charge in [0.05, 0.1) is 17.0 Å². The Morgan fingerprint density at radius 2 is 1.06 bits per heavy atom. The number of nitrogens with two attached hydrogens (primary N) is 1. The van der Waals surface area contributed by atoms with Crippen molar-refractivity contribution < 1.29 is 27.9 Å². The van der Waals surface area contributed by atoms with Crippen LogP contribution in [0.15, 0.2) is 89.8 Å². The quantitative estimate of drug-likeness (QED) is 0.342. The average molecular weight is 588 g/mol. The molecule has 0 unspecified atom stereocenters. The fourth-order valence-corrected chi connectivity index (χ4v) is 5.28. The van der Waals surface area contributed by atoms with E-state index >= 15 is 0 Å². The molecule has 4 rings (SSSR count). The summed E-state index contributed by atoms with van der Waals surface area (Å²) in [6, 6.07) is 24.6. The summed E-state index contributed by atoms with van der Waals surface area (Å²) in [5.74, 6) is 4.06. The molecule has 2 atom stereocenters. The van der Waals surface area contributed by atoms with Gasteiger partial charge in [-0.25, -0.2) is 13.1 Å². The summed E-state index contributed by atoms with van der Waals surface area (Å²) >= 11 is 0. The zero-order valence-electron chi connectivity index (χ0n) is 21.1. The first-order chi connectivity index (χ1) is 16.7. The van der Waals surface area contributed by atoms with E-state index in [1.807, 2.05) is 67.6 Å². The maximum absolute atomic E-state index is 12.9. The molecule has 0 aromatic heterocycles. The van der Waals surface area contributed by atoms with Crippen LogP contribution in [0.2, 0.25) is 0 Å². The minimum absolute atomic E-state index is 0. The predicted molar refractivity (Wildman–Crippen MR) is 144 cm³/mol. The van der Waals surface area contributed by atoms with E-state index in [0.29, 0.717) is 0 Å². The van der Waals surface area contributed by atoms with E-state index in [9.17, 15) is 8.42 Å². The second kappa shape index (κ2) is 14.2. The first-order valence-corrected chi connectivity index (χ1v) is 13.1. The molecule has 3 N–H and O–H groups in total. The Hall–Kier alpha value is -1.85. The second-order valence-corrected chi connectivity index (χ2v) is 10.6. The third-order valence-electron chi connectivity index (χ3n) is 5.68. The molecule has 1 aliphatic carbocycles. The first kappa shape index (κ1) is 30.4. The summed E-state index contributed by atoms with van der Waals surface area (Å²) in [6.45, 7) is 8.29. The fraction of sp³-hybridized carbons (Fsp3) is 0.200. The molecule has 1 fully saturated rings. The zero-order valence-corrected chi connectivity index (χ0v) is 23.7. The van der Waals surface area contributed by atoms with Gasteiger partial charge in [-0.05, 0) is 67.2 Å². The predicted octanol–water partition coefficient (Wildman–Crippen LogP) is 6.11. The first-order valence-electron chi connectivity index (χ1n) is 11.6. The van der Waals surface area contributed by atoms with Crippen molar-refractivity contribution in [2.75, 3.05) is 0 Å². The van der Waals surface area contributed by atoms with Gasteiger partial charge in [0.1, 0.15) is 0 Å². The molecule has 7 radical (unpaired) electrons. The van der Waals surface area contributed by atoms with E-state index in [-0.39, 0.29) is 24.4 Å². The SMILES string of the molecule is C[C]1[CH][C](C)[CH][C](C)[CH]1.Cc1ccc(S(=O)(=O)N[C@H](c2ccccc2)[C@H](N)c2ccccc2)cc1.[Ru+3]. The van der Waals surface area contributed by atoms with Crippen molar-refractivity contribution in [1.82, 2.24) is 4.72 Å². The number of benzene rings is 3. The number of nitrogens with one attached hydrogen (secondary N) is 1. The maximum Gasteiger partial charge on any atom is 3.00 e. The van der Waals surface area contributed by atoms with Crippen LogP contribution in [0, 0.1) is 43.9 Å². The Kier molecular flexibility index (Phi) is 12.0. The summed E-state index contributed by atoms with van der Waals surface area (Å²) in [5.41, 5.74) is 9.15. The Balaban J connectivity index is 0.000000386. The smallest absolute Gasteiger partial charge is 0.322 e. The summed E-state index contributed by atoms with van der Waals surface area (Å²) < 4.78 is 28.6. The summed E-state index contributed by atoms with van der Waals surface area (Å²) in [4.78, 5) is 0.226. The third-order valence-corrected chi connectivity index (χ3v) is 7.14. The maximum atomic E-state index is 12.9. The van der Waals surface area contributed by atoms with Gasteiger partial charge in [0.25, 0.3) is 0 Å². The molecule has 36 heavy (non-hydrogen) atoms. The van der Waals surface area contributed by atoms with Crippen molar-refractivity contribution in [1.29, 1.82) is 0 Å². The van der Waals surface area contributed by atoms with Gasteiger partial charge in [-0.1, -0.05) is 99.1 Å². The summed E-state index contributed by atoms with van der Waals surface area (Å²) in [7, 11) is -3.71. The topological polar surface area (TPSA) is 72.2 Å². The van der Waals surface area contributed by atoms with Gasteiger partial charge in [-0.3, -0.25) is 0 Å². The molecule has 0 heterocycles. The molecule has 4 nitrogen and oxygen atoms in total. The Labute approximate surface area is 230 Å². The normalized spacial score (nSPS) is 16.8. The van der Waals surface area contributed by atoms with Crippen LogP contribution in [0.25, 0.3) is 0 Å². The second-order valence-electron chi connectivity index (χ2n) is 8.92. The van der Waals surface area contributed by atoms with E-state index < -0.39 is 22.1 Å². The summed E-state index contributed by atoms with van der Waals surface area (Å²) in [5, 5.41) is 0. The van der Waals surface area contributed by atoms with Crippen LogP contribution in [-0.4, -0.2) is 8.42 Å². The standard InChI is InChI=1S/C21H22N2O2S.C9H12.Ru/c1-16-12-14-19(15-13-16)26(24,25)23-21(18-10-6-3-7-11-18)20(22)17-8-4-2-5-9-17;1-7-4-8(2)6-9(3)5-7;/h2-15,20-21,23H,22H2,1H3;4-6H,1-3H3;/q;;+3/t20-,21-;;/m1../s1. The van der Waals surface area contributed by atoms with Gasteiger partial charge < -0.3 is 5.73 Å². The van der Waals surface area contributed by atoms with Crippen molar-refractivity contribution in [2.24, 2.45) is 5.73 Å². The molecule has 3 aromatic carbocycles. The Morgan fingerprint density at radius 3 is 1.50 bits per heavy atom. The van der Waals surface area contributed by atoms with E-state index in [1.165, 1.54) is 17.8 Å². The molecular formula is C30H34N2O2RuS+3. The van der Waals surface area contributed by atoms with Gasteiger partial charge in [0.2, 0.25) is 10.0 Å². The molecule has 6 heteroatoms. The van der Waals surface area contributed by atoms with Crippen molar-refractivity contribution in [3.8, 4) is 0 Å². The fourth-order valence-electron chi connectivity index (χ4n) is 4.03. The molecule has 0 aliphatic heterocycles. The van der Waals surface area contributed by atoms with Crippen LogP contribution in [0.4, 0.5) is 0 Å². The Bertz CT molecular complexity index is 1110. The summed E-state index contributed by atoms with van der Waals surface area (Å²) in [6.07, 6.45) is 6.56. The van der Waals surface area contributed by atoms with Crippen LogP contribution >= 0.6 is 0 Å². The molecule has 1 saturated carbocycles. The number of rotatable bonds is 6. The minimum atomic E-state index is -3.71. The largest absolute Gasteiger partial charge is 3.00 e. The molecule has 0 saturated heterocycles. The van der Waals surface area contributed by atoms with Crippen molar-refractivity contribution >= 4 is 10.0 Å². The van der Waals surface area contributed by atoms with Crippen LogP contribution in [0.1, 0.15) is 49.5 Å². The molecule has 0 spiro atoms. The monoisotopic (exact) mass is 588 g/mol. The molecular weight excluding hydrogens is 553 g/mol. The molecule has 187 valence electrons. The number of aryl methyl sites for hydroxylation is 1. The van der Waals surface area contributed by atoms with E-state index in [4.69, 9.17) is 5.73 Å². The van der Waals surface area contributed by atoms with Gasteiger partial charge in [0.15, 0.2) is 0 Å². The van der Waals surface area contributed by atoms with Crippen molar-refractivity contribution in [3.05, 3.63) is 139 Å². The van der Waals surface area contributed by atoms with Gasteiger partial charge in [0, 0.05) is 0 Å². The molecule has 3 aromatic rings. The van der Waals surface area contributed by atoms with Crippen LogP contribution in [0.3, 0.4) is 0 Å². The van der Waals surface area contributed by atoms with Crippen LogP contribution in [0.5, 0.6) is 0 Å². The van der Waals surface area contributed by atoms with E-state index in [1.54, 1.807) is 24.3 Å². The average Bonchev–Trinajstić information content (AvgIpc) is 2.83.